The van der Waals surface area contributed by atoms with Crippen LogP contribution in [0.3, 0.4) is 0 Å². The summed E-state index contributed by atoms with van der Waals surface area (Å²) in [6, 6.07) is 5.98. The Labute approximate surface area is 63.2 Å². The highest BCUT2D eigenvalue weighted by Crippen LogP contribution is 2.11. The van der Waals surface area contributed by atoms with Gasteiger partial charge in [0, 0.05) is 6.07 Å². The first-order valence-corrected chi connectivity index (χ1v) is 3.02. The van der Waals surface area contributed by atoms with E-state index in [4.69, 9.17) is 12.6 Å². The molecule has 0 saturated carbocycles. The van der Waals surface area contributed by atoms with Crippen LogP contribution in [-0.2, 0) is 12.6 Å². The summed E-state index contributed by atoms with van der Waals surface area (Å²) >= 11 is 4.71. The van der Waals surface area contributed by atoms with Crippen molar-refractivity contribution in [1.29, 1.82) is 0 Å². The van der Waals surface area contributed by atoms with Gasteiger partial charge < -0.3 is 12.6 Å². The zero-order valence-electron chi connectivity index (χ0n) is 4.98. The van der Waals surface area contributed by atoms with Gasteiger partial charge >= 0.3 is 0 Å². The average Bonchev–Trinajstić information content (AvgIpc) is 1.88. The summed E-state index contributed by atoms with van der Waals surface area (Å²) in [5, 5.41) is 10.1. The largest absolute Gasteiger partial charge is 0.779 e. The minimum atomic E-state index is -0.462. The van der Waals surface area contributed by atoms with E-state index in [1.54, 1.807) is 12.1 Å². The smallest absolute Gasteiger partial charge is 0.267 e. The molecule has 4 heteroatoms. The number of nitrogens with zero attached hydrogens (tertiary/aromatic N) is 1. The Morgan fingerprint density at radius 2 is 2.20 bits per heavy atom. The maximum atomic E-state index is 10.1. The van der Waals surface area contributed by atoms with Crippen molar-refractivity contribution in [3.8, 4) is 0 Å². The summed E-state index contributed by atoms with van der Waals surface area (Å²) < 4.78 is 0. The van der Waals surface area contributed by atoms with Crippen LogP contribution in [0.2, 0.25) is 0 Å². The van der Waals surface area contributed by atoms with Crippen LogP contribution in [-0.4, -0.2) is 4.92 Å². The predicted octanol–water partition coefficient (Wildman–Crippen LogP) is 1.50. The third kappa shape index (κ3) is 1.41. The van der Waals surface area contributed by atoms with Gasteiger partial charge in [-0.3, -0.25) is 10.1 Å². The fraction of sp³-hybridized carbons (Fsp3) is 0. The molecule has 3 nitrogen and oxygen atoms in total. The summed E-state index contributed by atoms with van der Waals surface area (Å²) in [6.45, 7) is 0. The maximum absolute atomic E-state index is 10.1. The first-order chi connectivity index (χ1) is 4.70. The molecular formula is C6H4NO2S-. The van der Waals surface area contributed by atoms with E-state index >= 15 is 0 Å². The van der Waals surface area contributed by atoms with E-state index in [1.807, 2.05) is 0 Å². The van der Waals surface area contributed by atoms with Crippen molar-refractivity contribution >= 4 is 18.3 Å². The summed E-state index contributed by atoms with van der Waals surface area (Å²) in [7, 11) is 0. The summed E-state index contributed by atoms with van der Waals surface area (Å²) in [5.41, 5.74) is 0.0486. The first-order valence-electron chi connectivity index (χ1n) is 2.61. The number of nitro benzene ring substituents is 1. The summed E-state index contributed by atoms with van der Waals surface area (Å²) in [5.74, 6) is 0. The molecule has 0 aliphatic rings. The van der Waals surface area contributed by atoms with Crippen LogP contribution in [0.25, 0.3) is 0 Å². The highest BCUT2D eigenvalue weighted by atomic mass is 32.1. The molecule has 1 aromatic rings. The van der Waals surface area contributed by atoms with E-state index < -0.39 is 4.92 Å². The van der Waals surface area contributed by atoms with Crippen molar-refractivity contribution in [2.75, 3.05) is 0 Å². The normalized spacial score (nSPS) is 9.20. The molecule has 0 N–H and O–H groups in total. The zero-order valence-corrected chi connectivity index (χ0v) is 5.80. The molecule has 0 spiro atoms. The Morgan fingerprint density at radius 1 is 1.50 bits per heavy atom. The molecule has 0 amide bonds. The van der Waals surface area contributed by atoms with E-state index in [2.05, 4.69) is 0 Å². The summed E-state index contributed by atoms with van der Waals surface area (Å²) in [4.78, 5) is 10.1. The molecule has 52 valence electrons. The molecule has 0 fully saturated rings. The van der Waals surface area contributed by atoms with Crippen LogP contribution in [0, 0.1) is 10.1 Å². The predicted molar refractivity (Wildman–Crippen MR) is 38.7 cm³/mol. The quantitative estimate of drug-likeness (QED) is 0.349. The van der Waals surface area contributed by atoms with Crippen molar-refractivity contribution < 1.29 is 4.92 Å². The lowest BCUT2D eigenvalue weighted by Crippen LogP contribution is -1.86. The number of rotatable bonds is 1. The standard InChI is InChI=1S/C6H5NO2S/c8-7(9)5-2-1-3-6(10)4-5/h1-4,10H/p-1. The minimum Gasteiger partial charge on any atom is -0.779 e. The van der Waals surface area contributed by atoms with E-state index in [0.717, 1.165) is 0 Å². The first kappa shape index (κ1) is 6.95. The van der Waals surface area contributed by atoms with Gasteiger partial charge in [-0.1, -0.05) is 12.1 Å². The van der Waals surface area contributed by atoms with Gasteiger partial charge in [-0.15, -0.1) is 0 Å². The fourth-order valence-electron chi connectivity index (χ4n) is 0.597. The van der Waals surface area contributed by atoms with Crippen LogP contribution < -0.4 is 0 Å². The van der Waals surface area contributed by atoms with Crippen molar-refractivity contribution in [2.24, 2.45) is 0 Å². The number of non-ortho nitro benzene ring substituents is 1. The van der Waals surface area contributed by atoms with Crippen LogP contribution in [0.4, 0.5) is 5.69 Å². The van der Waals surface area contributed by atoms with Crippen LogP contribution in [0.1, 0.15) is 0 Å². The molecule has 0 saturated heterocycles. The number of benzene rings is 1. The van der Waals surface area contributed by atoms with Crippen LogP contribution in [0.5, 0.6) is 0 Å². The van der Waals surface area contributed by atoms with Crippen LogP contribution >= 0.6 is 0 Å². The molecule has 0 aromatic heterocycles. The molecule has 0 aliphatic heterocycles. The monoisotopic (exact) mass is 154 g/mol. The van der Waals surface area contributed by atoms with Crippen molar-refractivity contribution in [1.82, 2.24) is 0 Å². The lowest BCUT2D eigenvalue weighted by molar-refractivity contribution is -0.385. The number of hydrogen-bond donors (Lipinski definition) is 0. The molecule has 0 atom stereocenters. The Morgan fingerprint density at radius 3 is 2.60 bits per heavy atom. The second-order valence-electron chi connectivity index (χ2n) is 1.75. The van der Waals surface area contributed by atoms with E-state index in [9.17, 15) is 10.1 Å². The van der Waals surface area contributed by atoms with Crippen molar-refractivity contribution in [2.45, 2.75) is 4.90 Å². The minimum absolute atomic E-state index is 0.0486. The van der Waals surface area contributed by atoms with Gasteiger partial charge in [-0.25, -0.2) is 0 Å². The van der Waals surface area contributed by atoms with Gasteiger partial charge in [0.1, 0.15) is 0 Å². The van der Waals surface area contributed by atoms with Crippen molar-refractivity contribution in [3.05, 3.63) is 34.4 Å². The molecule has 10 heavy (non-hydrogen) atoms. The third-order valence-electron chi connectivity index (χ3n) is 1.03. The molecule has 0 bridgehead atoms. The topological polar surface area (TPSA) is 43.1 Å². The summed E-state index contributed by atoms with van der Waals surface area (Å²) in [6.07, 6.45) is 0. The fourth-order valence-corrected chi connectivity index (χ4v) is 0.796. The molecule has 0 heterocycles. The van der Waals surface area contributed by atoms with Crippen LogP contribution in [0.15, 0.2) is 29.2 Å². The Kier molecular flexibility index (Phi) is 1.82. The zero-order chi connectivity index (χ0) is 7.56. The van der Waals surface area contributed by atoms with E-state index in [-0.39, 0.29) is 5.69 Å². The van der Waals surface area contributed by atoms with E-state index in [0.29, 0.717) is 4.90 Å². The van der Waals surface area contributed by atoms with E-state index in [1.165, 1.54) is 12.1 Å². The molecule has 0 unspecified atom stereocenters. The molecule has 1 rings (SSSR count). The highest BCUT2D eigenvalue weighted by molar-refractivity contribution is 7.58. The lowest BCUT2D eigenvalue weighted by Gasteiger charge is -2.01. The Bertz CT molecular complexity index is 262. The molecular weight excluding hydrogens is 150 g/mol. The van der Waals surface area contributed by atoms with Gasteiger partial charge in [-0.05, 0) is 6.07 Å². The van der Waals surface area contributed by atoms with Gasteiger partial charge in [-0.2, -0.15) is 4.90 Å². The maximum Gasteiger partial charge on any atom is 0.267 e. The van der Waals surface area contributed by atoms with Gasteiger partial charge in [0.25, 0.3) is 5.69 Å². The number of nitro groups is 1. The van der Waals surface area contributed by atoms with Crippen molar-refractivity contribution in [3.63, 3.8) is 0 Å². The SMILES string of the molecule is O=[N+]([O-])c1cccc([S-])c1. The Hall–Kier alpha value is -1.16. The Balaban J connectivity index is 3.07. The lowest BCUT2D eigenvalue weighted by atomic mass is 10.3. The van der Waals surface area contributed by atoms with Gasteiger partial charge in [0.2, 0.25) is 0 Å². The molecule has 0 aliphatic carbocycles. The van der Waals surface area contributed by atoms with Gasteiger partial charge in [0.05, 0.1) is 4.92 Å². The average molecular weight is 154 g/mol. The number of hydrogen-bond acceptors (Lipinski definition) is 3. The highest BCUT2D eigenvalue weighted by Gasteiger charge is 1.99. The van der Waals surface area contributed by atoms with Gasteiger partial charge in [0.15, 0.2) is 0 Å². The second-order valence-corrected chi connectivity index (χ2v) is 2.23. The second kappa shape index (κ2) is 2.62. The molecule has 0 radical (unpaired) electrons. The molecule has 1 aromatic carbocycles. The third-order valence-corrected chi connectivity index (χ3v) is 1.28.